The van der Waals surface area contributed by atoms with Crippen LogP contribution in [0.2, 0.25) is 0 Å². The zero-order valence-corrected chi connectivity index (χ0v) is 12.1. The molecule has 0 saturated carbocycles. The number of nitrogens with zero attached hydrogens (tertiary/aromatic N) is 2. The fourth-order valence-corrected chi connectivity index (χ4v) is 2.35. The van der Waals surface area contributed by atoms with E-state index < -0.39 is 0 Å². The molecule has 0 aromatic heterocycles. The van der Waals surface area contributed by atoms with E-state index in [1.807, 2.05) is 38.4 Å². The molecule has 0 spiro atoms. The Hall–Kier alpha value is -2.31. The largest absolute Gasteiger partial charge is 0.343 e. The third-order valence-corrected chi connectivity index (χ3v) is 3.40. The number of nitriles is 1. The van der Waals surface area contributed by atoms with Crippen molar-refractivity contribution in [1.82, 2.24) is 5.32 Å². The highest BCUT2D eigenvalue weighted by Gasteiger charge is 2.11. The van der Waals surface area contributed by atoms with Crippen LogP contribution in [0.1, 0.15) is 16.7 Å². The minimum Gasteiger partial charge on any atom is -0.343 e. The Morgan fingerprint density at radius 2 is 1.90 bits per heavy atom. The van der Waals surface area contributed by atoms with E-state index >= 15 is 0 Å². The molecule has 0 heterocycles. The second-order valence-corrected chi connectivity index (χ2v) is 4.84. The Bertz CT molecular complexity index is 641. The molecule has 0 aliphatic rings. The summed E-state index contributed by atoms with van der Waals surface area (Å²) in [6.07, 6.45) is 0. The van der Waals surface area contributed by atoms with Crippen LogP contribution in [0.25, 0.3) is 0 Å². The smallest absolute Gasteiger partial charge is 0.101 e. The first-order valence-corrected chi connectivity index (χ1v) is 6.64. The zero-order valence-electron chi connectivity index (χ0n) is 12.1. The van der Waals surface area contributed by atoms with Crippen LogP contribution >= 0.6 is 0 Å². The van der Waals surface area contributed by atoms with E-state index in [4.69, 9.17) is 0 Å². The molecule has 2 rings (SSSR count). The van der Waals surface area contributed by atoms with Crippen LogP contribution in [0, 0.1) is 18.3 Å². The number of aryl methyl sites for hydroxylation is 1. The van der Waals surface area contributed by atoms with Crippen molar-refractivity contribution in [1.29, 1.82) is 5.26 Å². The van der Waals surface area contributed by atoms with Crippen LogP contribution in [0.3, 0.4) is 0 Å². The molecular formula is C17H19N3. The highest BCUT2D eigenvalue weighted by molar-refractivity contribution is 5.71. The van der Waals surface area contributed by atoms with Gasteiger partial charge in [0.05, 0.1) is 11.3 Å². The summed E-state index contributed by atoms with van der Waals surface area (Å²) >= 11 is 0. The van der Waals surface area contributed by atoms with E-state index in [0.29, 0.717) is 5.56 Å². The van der Waals surface area contributed by atoms with Gasteiger partial charge in [-0.3, -0.25) is 0 Å². The molecule has 0 atom stereocenters. The maximum Gasteiger partial charge on any atom is 0.101 e. The van der Waals surface area contributed by atoms with Crippen LogP contribution < -0.4 is 10.2 Å². The lowest BCUT2D eigenvalue weighted by Crippen LogP contribution is -2.13. The van der Waals surface area contributed by atoms with Gasteiger partial charge < -0.3 is 10.2 Å². The summed E-state index contributed by atoms with van der Waals surface area (Å²) < 4.78 is 0. The Kier molecular flexibility index (Phi) is 4.39. The van der Waals surface area contributed by atoms with Gasteiger partial charge in [-0.2, -0.15) is 5.26 Å². The van der Waals surface area contributed by atoms with E-state index in [1.165, 1.54) is 5.56 Å². The molecule has 0 fully saturated rings. The summed E-state index contributed by atoms with van der Waals surface area (Å²) in [5.74, 6) is 0. The number of anilines is 2. The number of hydrogen-bond donors (Lipinski definition) is 1. The third-order valence-electron chi connectivity index (χ3n) is 3.40. The van der Waals surface area contributed by atoms with E-state index in [2.05, 4.69) is 41.4 Å². The molecule has 3 nitrogen and oxygen atoms in total. The van der Waals surface area contributed by atoms with Gasteiger partial charge in [-0.1, -0.05) is 24.3 Å². The standard InChI is InChI=1S/C17H19N3/c1-13-6-4-5-7-16(13)20(3)17-9-8-14(12-19-2)10-15(17)11-18/h4-10,19H,12H2,1-3H3. The van der Waals surface area contributed by atoms with Gasteiger partial charge in [-0.25, -0.2) is 0 Å². The first kappa shape index (κ1) is 14.1. The molecule has 0 amide bonds. The number of hydrogen-bond acceptors (Lipinski definition) is 3. The van der Waals surface area contributed by atoms with Crippen molar-refractivity contribution < 1.29 is 0 Å². The van der Waals surface area contributed by atoms with Gasteiger partial charge in [0.15, 0.2) is 0 Å². The van der Waals surface area contributed by atoms with Crippen molar-refractivity contribution in [3.8, 4) is 6.07 Å². The molecule has 0 saturated heterocycles. The van der Waals surface area contributed by atoms with Crippen LogP contribution in [0.15, 0.2) is 42.5 Å². The molecule has 0 aliphatic carbocycles. The van der Waals surface area contributed by atoms with E-state index in [-0.39, 0.29) is 0 Å². The van der Waals surface area contributed by atoms with Gasteiger partial charge in [0.25, 0.3) is 0 Å². The highest BCUT2D eigenvalue weighted by atomic mass is 15.1. The lowest BCUT2D eigenvalue weighted by molar-refractivity contribution is 0.817. The molecule has 0 aliphatic heterocycles. The number of rotatable bonds is 4. The van der Waals surface area contributed by atoms with Crippen molar-refractivity contribution in [3.63, 3.8) is 0 Å². The Labute approximate surface area is 120 Å². The molecule has 0 unspecified atom stereocenters. The quantitative estimate of drug-likeness (QED) is 0.921. The molecule has 20 heavy (non-hydrogen) atoms. The molecule has 1 N–H and O–H groups in total. The number of benzene rings is 2. The average molecular weight is 265 g/mol. The Morgan fingerprint density at radius 1 is 1.15 bits per heavy atom. The summed E-state index contributed by atoms with van der Waals surface area (Å²) in [7, 11) is 3.90. The highest BCUT2D eigenvalue weighted by Crippen LogP contribution is 2.29. The van der Waals surface area contributed by atoms with Crippen LogP contribution in [-0.2, 0) is 6.54 Å². The van der Waals surface area contributed by atoms with E-state index in [1.54, 1.807) is 0 Å². The average Bonchev–Trinajstić information content (AvgIpc) is 2.47. The summed E-state index contributed by atoms with van der Waals surface area (Å²) in [5, 5.41) is 12.5. The minimum atomic E-state index is 0.698. The fourth-order valence-electron chi connectivity index (χ4n) is 2.35. The normalized spacial score (nSPS) is 10.1. The van der Waals surface area contributed by atoms with Crippen LogP contribution in [0.4, 0.5) is 11.4 Å². The van der Waals surface area contributed by atoms with Crippen molar-refractivity contribution >= 4 is 11.4 Å². The SMILES string of the molecule is CNCc1ccc(N(C)c2ccccc2C)c(C#N)c1. The Morgan fingerprint density at radius 3 is 2.55 bits per heavy atom. The third kappa shape index (κ3) is 2.81. The van der Waals surface area contributed by atoms with Gasteiger partial charge in [0.1, 0.15) is 6.07 Å². The molecule has 2 aromatic rings. The first-order chi connectivity index (χ1) is 9.67. The maximum absolute atomic E-state index is 9.38. The Balaban J connectivity index is 2.42. The molecular weight excluding hydrogens is 246 g/mol. The van der Waals surface area contributed by atoms with Crippen LogP contribution in [0.5, 0.6) is 0 Å². The van der Waals surface area contributed by atoms with Crippen molar-refractivity contribution in [2.24, 2.45) is 0 Å². The first-order valence-electron chi connectivity index (χ1n) is 6.64. The monoisotopic (exact) mass is 265 g/mol. The fraction of sp³-hybridized carbons (Fsp3) is 0.235. The molecule has 0 bridgehead atoms. The second kappa shape index (κ2) is 6.23. The van der Waals surface area contributed by atoms with Gasteiger partial charge in [0.2, 0.25) is 0 Å². The van der Waals surface area contributed by atoms with Crippen molar-refractivity contribution in [2.45, 2.75) is 13.5 Å². The predicted octanol–water partition coefficient (Wildman–Crippen LogP) is 3.35. The van der Waals surface area contributed by atoms with E-state index in [9.17, 15) is 5.26 Å². The van der Waals surface area contributed by atoms with Gasteiger partial charge >= 0.3 is 0 Å². The van der Waals surface area contributed by atoms with Crippen molar-refractivity contribution in [3.05, 3.63) is 59.2 Å². The number of nitrogens with one attached hydrogen (secondary N) is 1. The molecule has 102 valence electrons. The van der Waals surface area contributed by atoms with E-state index in [0.717, 1.165) is 23.5 Å². The second-order valence-electron chi connectivity index (χ2n) is 4.84. The number of para-hydroxylation sites is 1. The maximum atomic E-state index is 9.38. The van der Waals surface area contributed by atoms with Gasteiger partial charge in [0, 0.05) is 19.3 Å². The lowest BCUT2D eigenvalue weighted by atomic mass is 10.1. The molecule has 0 radical (unpaired) electrons. The van der Waals surface area contributed by atoms with Crippen molar-refractivity contribution in [2.75, 3.05) is 19.0 Å². The molecule has 2 aromatic carbocycles. The molecule has 3 heteroatoms. The topological polar surface area (TPSA) is 39.1 Å². The minimum absolute atomic E-state index is 0.698. The summed E-state index contributed by atoms with van der Waals surface area (Å²) in [6, 6.07) is 16.5. The zero-order chi connectivity index (χ0) is 14.5. The summed E-state index contributed by atoms with van der Waals surface area (Å²) in [6.45, 7) is 2.84. The summed E-state index contributed by atoms with van der Waals surface area (Å²) in [4.78, 5) is 2.07. The lowest BCUT2D eigenvalue weighted by Gasteiger charge is -2.23. The van der Waals surface area contributed by atoms with Gasteiger partial charge in [-0.05, 0) is 43.3 Å². The summed E-state index contributed by atoms with van der Waals surface area (Å²) in [5.41, 5.74) is 5.06. The predicted molar refractivity (Wildman–Crippen MR) is 83.2 cm³/mol. The van der Waals surface area contributed by atoms with Gasteiger partial charge in [-0.15, -0.1) is 0 Å². The van der Waals surface area contributed by atoms with Crippen LogP contribution in [-0.4, -0.2) is 14.1 Å².